The number of hydrogen-bond acceptors (Lipinski definition) is 5. The molecule has 0 saturated carbocycles. The molecule has 0 aromatic carbocycles. The Morgan fingerprint density at radius 3 is 2.00 bits per heavy atom. The van der Waals surface area contributed by atoms with Crippen LogP contribution >= 0.6 is 0 Å². The zero-order chi connectivity index (χ0) is 20.4. The summed E-state index contributed by atoms with van der Waals surface area (Å²) in [4.78, 5) is 11.5. The zero-order valence-corrected chi connectivity index (χ0v) is 21.2. The normalized spacial score (nSPS) is 12.9. The Morgan fingerprint density at radius 2 is 1.54 bits per heavy atom. The van der Waals surface area contributed by atoms with Gasteiger partial charge in [-0.25, -0.2) is 4.79 Å². The highest BCUT2D eigenvalue weighted by Crippen LogP contribution is 2.28. The van der Waals surface area contributed by atoms with Gasteiger partial charge in [-0.2, -0.15) is 0 Å². The molecular formula is C18H40O5Si3. The Hall–Kier alpha value is -0.259. The Balaban J connectivity index is 4.79. The number of carbonyl (C=O) groups excluding carboxylic acids is 1. The highest BCUT2D eigenvalue weighted by molar-refractivity contribution is 6.86. The molecule has 0 spiro atoms. The molecule has 0 aromatic heterocycles. The van der Waals surface area contributed by atoms with E-state index in [1.807, 2.05) is 0 Å². The lowest BCUT2D eigenvalue weighted by Crippen LogP contribution is -2.55. The average Bonchev–Trinajstić information content (AvgIpc) is 2.54. The molecule has 0 N–H and O–H groups in total. The lowest BCUT2D eigenvalue weighted by atomic mass is 10.4. The van der Waals surface area contributed by atoms with Crippen LogP contribution in [0.3, 0.4) is 0 Å². The first-order valence-electron chi connectivity index (χ1n) is 9.79. The first-order valence-corrected chi connectivity index (χ1v) is 18.0. The van der Waals surface area contributed by atoms with Crippen molar-refractivity contribution in [2.75, 3.05) is 13.2 Å². The summed E-state index contributed by atoms with van der Waals surface area (Å²) in [5, 5.41) is 0. The van der Waals surface area contributed by atoms with Gasteiger partial charge in [0.15, 0.2) is 8.32 Å². The molecule has 154 valence electrons. The Morgan fingerprint density at radius 1 is 0.962 bits per heavy atom. The van der Waals surface area contributed by atoms with E-state index >= 15 is 0 Å². The van der Waals surface area contributed by atoms with Gasteiger partial charge >= 0.3 is 23.1 Å². The van der Waals surface area contributed by atoms with Crippen molar-refractivity contribution in [3.8, 4) is 0 Å². The third kappa shape index (κ3) is 10.2. The van der Waals surface area contributed by atoms with E-state index in [9.17, 15) is 4.79 Å². The van der Waals surface area contributed by atoms with Crippen molar-refractivity contribution >= 4 is 31.4 Å². The maximum absolute atomic E-state index is 11.5. The van der Waals surface area contributed by atoms with Gasteiger partial charge in [-0.1, -0.05) is 40.2 Å². The van der Waals surface area contributed by atoms with Crippen LogP contribution in [0, 0.1) is 0 Å². The van der Waals surface area contributed by atoms with Gasteiger partial charge < -0.3 is 17.4 Å². The molecule has 0 rings (SSSR count). The molecule has 8 heteroatoms. The molecule has 0 atom stereocenters. The molecule has 5 nitrogen and oxygen atoms in total. The molecule has 0 aliphatic carbocycles. The summed E-state index contributed by atoms with van der Waals surface area (Å²) in [5.74, 6) is -0.378. The highest BCUT2D eigenvalue weighted by Gasteiger charge is 2.44. The van der Waals surface area contributed by atoms with Gasteiger partial charge in [-0.3, -0.25) is 0 Å². The average molecular weight is 421 g/mol. The summed E-state index contributed by atoms with van der Waals surface area (Å²) in [5.41, 5.74) is 0.400. The molecule has 0 radical (unpaired) electrons. The van der Waals surface area contributed by atoms with Crippen molar-refractivity contribution in [2.24, 2.45) is 0 Å². The SMILES string of the molecule is C=C(C)C(=O)OCCO[Si](CC)(CC)O[Si](C)(C)O[Si](C)(C)CCCC. The van der Waals surface area contributed by atoms with Crippen molar-refractivity contribution in [3.05, 3.63) is 12.2 Å². The van der Waals surface area contributed by atoms with Crippen LogP contribution in [0.5, 0.6) is 0 Å². The van der Waals surface area contributed by atoms with Gasteiger partial charge in [0.25, 0.3) is 0 Å². The van der Waals surface area contributed by atoms with Crippen LogP contribution in [0.4, 0.5) is 0 Å². The molecule has 0 fully saturated rings. The minimum absolute atomic E-state index is 0.226. The second-order valence-corrected chi connectivity index (χ2v) is 19.8. The summed E-state index contributed by atoms with van der Waals surface area (Å²) in [6.45, 7) is 21.0. The molecule has 0 aromatic rings. The summed E-state index contributed by atoms with van der Waals surface area (Å²) in [7, 11) is -6.38. The van der Waals surface area contributed by atoms with Crippen LogP contribution in [-0.2, 0) is 22.2 Å². The molecule has 0 aliphatic heterocycles. The predicted molar refractivity (Wildman–Crippen MR) is 115 cm³/mol. The fraction of sp³-hybridized carbons (Fsp3) is 0.833. The van der Waals surface area contributed by atoms with Crippen molar-refractivity contribution in [1.82, 2.24) is 0 Å². The number of esters is 1. The molecule has 0 saturated heterocycles. The second kappa shape index (κ2) is 11.6. The number of ether oxygens (including phenoxy) is 1. The van der Waals surface area contributed by atoms with Crippen molar-refractivity contribution in [2.45, 2.75) is 84.9 Å². The fourth-order valence-corrected chi connectivity index (χ4v) is 16.7. The first-order chi connectivity index (χ1) is 11.9. The topological polar surface area (TPSA) is 54.0 Å². The third-order valence-corrected chi connectivity index (χ3v) is 16.3. The van der Waals surface area contributed by atoms with E-state index in [1.165, 1.54) is 12.8 Å². The zero-order valence-electron chi connectivity index (χ0n) is 18.2. The van der Waals surface area contributed by atoms with E-state index in [4.69, 9.17) is 17.4 Å². The monoisotopic (exact) mass is 420 g/mol. The van der Waals surface area contributed by atoms with Crippen LogP contribution in [0.25, 0.3) is 0 Å². The number of unbranched alkanes of at least 4 members (excludes halogenated alkanes) is 1. The quantitative estimate of drug-likeness (QED) is 0.164. The van der Waals surface area contributed by atoms with Crippen LogP contribution in [0.1, 0.15) is 40.5 Å². The van der Waals surface area contributed by atoms with Gasteiger partial charge in [0, 0.05) is 5.57 Å². The van der Waals surface area contributed by atoms with E-state index in [0.29, 0.717) is 12.2 Å². The Labute approximate surface area is 164 Å². The van der Waals surface area contributed by atoms with Gasteiger partial charge in [-0.15, -0.1) is 0 Å². The van der Waals surface area contributed by atoms with Gasteiger partial charge in [0.2, 0.25) is 0 Å². The summed E-state index contributed by atoms with van der Waals surface area (Å²) >= 11 is 0. The molecule has 0 heterocycles. The minimum Gasteiger partial charge on any atom is -0.460 e. The van der Waals surface area contributed by atoms with Crippen molar-refractivity contribution in [1.29, 1.82) is 0 Å². The van der Waals surface area contributed by atoms with Gasteiger partial charge in [-0.05, 0) is 51.2 Å². The van der Waals surface area contributed by atoms with E-state index in [-0.39, 0.29) is 12.6 Å². The first kappa shape index (κ1) is 25.7. The number of carbonyl (C=O) groups is 1. The summed E-state index contributed by atoms with van der Waals surface area (Å²) < 4.78 is 24.5. The van der Waals surface area contributed by atoms with E-state index in [1.54, 1.807) is 6.92 Å². The van der Waals surface area contributed by atoms with Crippen LogP contribution in [0.2, 0.25) is 44.3 Å². The van der Waals surface area contributed by atoms with Crippen LogP contribution in [0.15, 0.2) is 12.2 Å². The Kier molecular flexibility index (Phi) is 11.4. The lowest BCUT2D eigenvalue weighted by molar-refractivity contribution is -0.139. The molecule has 0 unspecified atom stereocenters. The lowest BCUT2D eigenvalue weighted by Gasteiger charge is -2.40. The third-order valence-electron chi connectivity index (χ3n) is 4.19. The number of rotatable bonds is 14. The summed E-state index contributed by atoms with van der Waals surface area (Å²) in [6, 6.07) is 2.87. The predicted octanol–water partition coefficient (Wildman–Crippen LogP) is 5.34. The minimum atomic E-state index is -2.36. The smallest absolute Gasteiger partial charge is 0.333 e. The standard InChI is InChI=1S/C18H40O5Si3/c1-10-13-16-24(6,7)22-25(8,9)23-26(11-2,12-3)21-15-14-20-18(19)17(4)5/h4,10-16H2,1-3,5-9H3. The molecular weight excluding hydrogens is 380 g/mol. The summed E-state index contributed by atoms with van der Waals surface area (Å²) in [6.07, 6.45) is 2.40. The van der Waals surface area contributed by atoms with Crippen LogP contribution < -0.4 is 0 Å². The fourth-order valence-electron chi connectivity index (χ4n) is 2.90. The molecule has 0 amide bonds. The van der Waals surface area contributed by atoms with E-state index in [2.05, 4.69) is 53.5 Å². The van der Waals surface area contributed by atoms with Crippen molar-refractivity contribution < 1.29 is 22.2 Å². The number of hydrogen-bond donors (Lipinski definition) is 0. The maximum Gasteiger partial charge on any atom is 0.333 e. The van der Waals surface area contributed by atoms with Crippen LogP contribution in [-0.4, -0.2) is 44.6 Å². The van der Waals surface area contributed by atoms with E-state index < -0.39 is 25.4 Å². The Bertz CT molecular complexity index is 448. The molecule has 0 bridgehead atoms. The van der Waals surface area contributed by atoms with Crippen molar-refractivity contribution in [3.63, 3.8) is 0 Å². The maximum atomic E-state index is 11.5. The second-order valence-electron chi connectivity index (χ2n) is 7.85. The molecule has 26 heavy (non-hydrogen) atoms. The van der Waals surface area contributed by atoms with E-state index in [0.717, 1.165) is 18.1 Å². The van der Waals surface area contributed by atoms with Gasteiger partial charge in [0.1, 0.15) is 6.61 Å². The highest BCUT2D eigenvalue weighted by atomic mass is 28.5. The molecule has 0 aliphatic rings. The van der Waals surface area contributed by atoms with Gasteiger partial charge in [0.05, 0.1) is 6.61 Å². The largest absolute Gasteiger partial charge is 0.460 e.